The molecule has 0 fully saturated rings. The van der Waals surface area contributed by atoms with Crippen LogP contribution in [0.15, 0.2) is 18.2 Å². The monoisotopic (exact) mass is 221 g/mol. The number of nitrogens with two attached hydrogens (primary N) is 1. The molecule has 0 unspecified atom stereocenters. The topological polar surface area (TPSA) is 53.1 Å². The normalized spacial score (nSPS) is 20.0. The molecule has 0 saturated heterocycles. The molecule has 3 rings (SSSR count). The van der Waals surface area contributed by atoms with E-state index in [2.05, 4.69) is 5.10 Å². The van der Waals surface area contributed by atoms with Gasteiger partial charge in [-0.2, -0.15) is 5.10 Å². The number of halogens is 1. The molecule has 0 bridgehead atoms. The third kappa shape index (κ3) is 1.25. The maximum Gasteiger partial charge on any atom is 0.134 e. The Morgan fingerprint density at radius 1 is 1.56 bits per heavy atom. The molecule has 1 aliphatic heterocycles. The third-order valence-electron chi connectivity index (χ3n) is 2.90. The Morgan fingerprint density at radius 2 is 2.44 bits per heavy atom. The standard InChI is InChI=1S/C11H12FN3O/c12-7-2-1-3-8-10(7)11-9(6-13)16-5-4-15(11)14-8/h1-3,9H,4-6,13H2/t9-/m0/s1. The van der Waals surface area contributed by atoms with Crippen molar-refractivity contribution < 1.29 is 9.13 Å². The van der Waals surface area contributed by atoms with Gasteiger partial charge in [0, 0.05) is 6.54 Å². The number of nitrogens with zero attached hydrogens (tertiary/aromatic N) is 2. The van der Waals surface area contributed by atoms with Crippen LogP contribution in [0.4, 0.5) is 4.39 Å². The van der Waals surface area contributed by atoms with Gasteiger partial charge in [0.15, 0.2) is 0 Å². The molecule has 0 amide bonds. The van der Waals surface area contributed by atoms with Gasteiger partial charge in [-0.25, -0.2) is 4.39 Å². The van der Waals surface area contributed by atoms with Gasteiger partial charge in [0.2, 0.25) is 0 Å². The summed E-state index contributed by atoms with van der Waals surface area (Å²) in [5.74, 6) is -0.261. The van der Waals surface area contributed by atoms with E-state index < -0.39 is 0 Å². The number of aromatic nitrogens is 2. The first kappa shape index (κ1) is 9.74. The van der Waals surface area contributed by atoms with Crippen molar-refractivity contribution in [3.05, 3.63) is 29.7 Å². The zero-order chi connectivity index (χ0) is 11.1. The molecule has 1 aromatic carbocycles. The van der Waals surface area contributed by atoms with Gasteiger partial charge in [-0.05, 0) is 12.1 Å². The van der Waals surface area contributed by atoms with Gasteiger partial charge in [-0.3, -0.25) is 4.68 Å². The zero-order valence-electron chi connectivity index (χ0n) is 8.69. The lowest BCUT2D eigenvalue weighted by Crippen LogP contribution is -2.27. The van der Waals surface area contributed by atoms with Gasteiger partial charge in [-0.1, -0.05) is 6.07 Å². The summed E-state index contributed by atoms with van der Waals surface area (Å²) >= 11 is 0. The average molecular weight is 221 g/mol. The molecule has 0 saturated carbocycles. The second-order valence-corrected chi connectivity index (χ2v) is 3.84. The Hall–Kier alpha value is -1.46. The Bertz CT molecular complexity index is 537. The number of rotatable bonds is 1. The van der Waals surface area contributed by atoms with E-state index in [9.17, 15) is 4.39 Å². The molecule has 1 atom stereocenters. The van der Waals surface area contributed by atoms with E-state index in [-0.39, 0.29) is 11.9 Å². The molecule has 16 heavy (non-hydrogen) atoms. The molecular weight excluding hydrogens is 209 g/mol. The van der Waals surface area contributed by atoms with E-state index >= 15 is 0 Å². The van der Waals surface area contributed by atoms with Crippen LogP contribution in [0.5, 0.6) is 0 Å². The van der Waals surface area contributed by atoms with Crippen LogP contribution in [0.1, 0.15) is 11.8 Å². The summed E-state index contributed by atoms with van der Waals surface area (Å²) in [6.07, 6.45) is -0.254. The predicted molar refractivity (Wildman–Crippen MR) is 57.4 cm³/mol. The minimum Gasteiger partial charge on any atom is -0.369 e. The first-order chi connectivity index (χ1) is 7.81. The number of ether oxygens (including phenoxy) is 1. The summed E-state index contributed by atoms with van der Waals surface area (Å²) in [6, 6.07) is 4.90. The average Bonchev–Trinajstić information content (AvgIpc) is 2.68. The van der Waals surface area contributed by atoms with Gasteiger partial charge in [0.05, 0.1) is 29.7 Å². The van der Waals surface area contributed by atoms with Crippen LogP contribution in [0, 0.1) is 5.82 Å². The van der Waals surface area contributed by atoms with Gasteiger partial charge < -0.3 is 10.5 Å². The number of benzene rings is 1. The van der Waals surface area contributed by atoms with Crippen LogP contribution in [0.3, 0.4) is 0 Å². The highest BCUT2D eigenvalue weighted by atomic mass is 19.1. The SMILES string of the molecule is NC[C@@H]1OCCn2nc3cccc(F)c3c21. The fourth-order valence-electron chi connectivity index (χ4n) is 2.20. The van der Waals surface area contributed by atoms with Crippen molar-refractivity contribution in [1.29, 1.82) is 0 Å². The molecular formula is C11H12FN3O. The van der Waals surface area contributed by atoms with E-state index in [4.69, 9.17) is 10.5 Å². The van der Waals surface area contributed by atoms with Crippen molar-refractivity contribution in [2.45, 2.75) is 12.6 Å². The summed E-state index contributed by atoms with van der Waals surface area (Å²) in [5, 5.41) is 4.89. The first-order valence-electron chi connectivity index (χ1n) is 5.28. The highest BCUT2D eigenvalue weighted by Crippen LogP contribution is 2.30. The second kappa shape index (κ2) is 3.54. The second-order valence-electron chi connectivity index (χ2n) is 3.84. The van der Waals surface area contributed by atoms with Crippen LogP contribution in [0.2, 0.25) is 0 Å². The fraction of sp³-hybridized carbons (Fsp3) is 0.364. The quantitative estimate of drug-likeness (QED) is 0.787. The Balaban J connectivity index is 2.32. The summed E-state index contributed by atoms with van der Waals surface area (Å²) in [5.41, 5.74) is 7.06. The molecule has 2 N–H and O–H groups in total. The van der Waals surface area contributed by atoms with Crippen molar-refractivity contribution in [2.75, 3.05) is 13.2 Å². The van der Waals surface area contributed by atoms with Crippen molar-refractivity contribution >= 4 is 10.9 Å². The van der Waals surface area contributed by atoms with E-state index in [1.54, 1.807) is 16.8 Å². The van der Waals surface area contributed by atoms with Crippen LogP contribution < -0.4 is 5.73 Å². The van der Waals surface area contributed by atoms with Gasteiger partial charge >= 0.3 is 0 Å². The summed E-state index contributed by atoms with van der Waals surface area (Å²) in [4.78, 5) is 0. The highest BCUT2D eigenvalue weighted by molar-refractivity contribution is 5.82. The molecule has 0 radical (unpaired) electrons. The van der Waals surface area contributed by atoms with Gasteiger partial charge in [0.1, 0.15) is 11.9 Å². The minimum absolute atomic E-state index is 0.254. The predicted octanol–water partition coefficient (Wildman–Crippen LogP) is 1.21. The first-order valence-corrected chi connectivity index (χ1v) is 5.28. The molecule has 5 heteroatoms. The molecule has 0 spiro atoms. The Kier molecular flexibility index (Phi) is 2.15. The summed E-state index contributed by atoms with van der Waals surface area (Å²) in [7, 11) is 0. The minimum atomic E-state index is -0.261. The molecule has 1 aromatic heterocycles. The van der Waals surface area contributed by atoms with E-state index in [1.807, 2.05) is 0 Å². The number of hydrogen-bond donors (Lipinski definition) is 1. The lowest BCUT2D eigenvalue weighted by atomic mass is 10.1. The zero-order valence-corrected chi connectivity index (χ0v) is 8.69. The third-order valence-corrected chi connectivity index (χ3v) is 2.90. The van der Waals surface area contributed by atoms with Crippen molar-refractivity contribution in [3.63, 3.8) is 0 Å². The molecule has 2 heterocycles. The summed E-state index contributed by atoms with van der Waals surface area (Å²) in [6.45, 7) is 1.57. The maximum absolute atomic E-state index is 13.8. The van der Waals surface area contributed by atoms with E-state index in [1.165, 1.54) is 6.07 Å². The van der Waals surface area contributed by atoms with E-state index in [0.29, 0.717) is 30.6 Å². The van der Waals surface area contributed by atoms with Crippen LogP contribution in [0.25, 0.3) is 10.9 Å². The lowest BCUT2D eigenvalue weighted by molar-refractivity contribution is 0.0235. The molecule has 84 valence electrons. The fourth-order valence-corrected chi connectivity index (χ4v) is 2.20. The Labute approximate surface area is 91.8 Å². The summed E-state index contributed by atoms with van der Waals surface area (Å²) < 4.78 is 21.1. The molecule has 2 aromatic rings. The number of hydrogen-bond acceptors (Lipinski definition) is 3. The molecule has 0 aliphatic carbocycles. The van der Waals surface area contributed by atoms with E-state index in [0.717, 1.165) is 5.69 Å². The molecule has 1 aliphatic rings. The largest absolute Gasteiger partial charge is 0.369 e. The van der Waals surface area contributed by atoms with Gasteiger partial charge in [0.25, 0.3) is 0 Å². The molecule has 4 nitrogen and oxygen atoms in total. The van der Waals surface area contributed by atoms with Crippen LogP contribution in [-0.2, 0) is 11.3 Å². The lowest BCUT2D eigenvalue weighted by Gasteiger charge is -2.23. The Morgan fingerprint density at radius 3 is 3.25 bits per heavy atom. The van der Waals surface area contributed by atoms with Crippen LogP contribution >= 0.6 is 0 Å². The smallest absolute Gasteiger partial charge is 0.134 e. The van der Waals surface area contributed by atoms with Crippen molar-refractivity contribution in [2.24, 2.45) is 5.73 Å². The van der Waals surface area contributed by atoms with Crippen LogP contribution in [-0.4, -0.2) is 22.9 Å². The highest BCUT2D eigenvalue weighted by Gasteiger charge is 2.25. The number of fused-ring (bicyclic) bond motifs is 3. The van der Waals surface area contributed by atoms with Gasteiger partial charge in [-0.15, -0.1) is 0 Å². The maximum atomic E-state index is 13.8. The van der Waals surface area contributed by atoms with Crippen molar-refractivity contribution in [3.8, 4) is 0 Å². The van der Waals surface area contributed by atoms with Crippen molar-refractivity contribution in [1.82, 2.24) is 9.78 Å².